The number of benzene rings is 2. The number of hydrogen-bond donors (Lipinski definition) is 2. The molecule has 0 fully saturated rings. The van der Waals surface area contributed by atoms with Gasteiger partial charge in [0.2, 0.25) is 0 Å². The molecule has 1 heterocycles. The maximum atomic E-state index is 11.6. The topological polar surface area (TPSA) is 66.6 Å². The molecular formula is C16H16N2O2. The van der Waals surface area contributed by atoms with Crippen LogP contribution in [0.2, 0.25) is 0 Å². The van der Waals surface area contributed by atoms with Gasteiger partial charge in [-0.05, 0) is 35.6 Å². The first-order chi connectivity index (χ1) is 9.65. The summed E-state index contributed by atoms with van der Waals surface area (Å²) in [6, 6.07) is 15.2. The van der Waals surface area contributed by atoms with Crippen LogP contribution in [-0.4, -0.2) is 17.2 Å². The van der Waals surface area contributed by atoms with Gasteiger partial charge in [-0.3, -0.25) is 10.0 Å². The van der Waals surface area contributed by atoms with Crippen molar-refractivity contribution in [3.05, 3.63) is 65.2 Å². The van der Waals surface area contributed by atoms with Crippen molar-refractivity contribution in [2.24, 2.45) is 5.73 Å². The molecule has 1 atom stereocenters. The zero-order valence-electron chi connectivity index (χ0n) is 11.0. The Bertz CT molecular complexity index is 640. The number of hydroxylamine groups is 1. The molecule has 0 saturated heterocycles. The fraction of sp³-hybridized carbons (Fsp3) is 0.188. The summed E-state index contributed by atoms with van der Waals surface area (Å²) in [5.41, 5.74) is 9.55. The molecule has 20 heavy (non-hydrogen) atoms. The first kappa shape index (κ1) is 12.8. The second-order valence-electron chi connectivity index (χ2n) is 5.09. The second kappa shape index (κ2) is 5.07. The number of anilines is 1. The average molecular weight is 268 g/mol. The first-order valence-electron chi connectivity index (χ1n) is 6.59. The SMILES string of the molecule is N[C@H]1Cc2cc(Cc3ccccc3)ccc2N(O)C1=O. The summed E-state index contributed by atoms with van der Waals surface area (Å²) in [6.45, 7) is 0. The number of carbonyl (C=O) groups excluding carboxylic acids is 1. The van der Waals surface area contributed by atoms with Crippen LogP contribution in [0.1, 0.15) is 16.7 Å². The van der Waals surface area contributed by atoms with Crippen LogP contribution in [-0.2, 0) is 17.6 Å². The highest BCUT2D eigenvalue weighted by atomic mass is 16.5. The zero-order chi connectivity index (χ0) is 14.1. The highest BCUT2D eigenvalue weighted by Crippen LogP contribution is 2.27. The number of nitrogens with two attached hydrogens (primary N) is 1. The minimum atomic E-state index is -0.667. The van der Waals surface area contributed by atoms with Crippen LogP contribution < -0.4 is 10.8 Å². The Morgan fingerprint density at radius 1 is 1.15 bits per heavy atom. The third-order valence-corrected chi connectivity index (χ3v) is 3.59. The van der Waals surface area contributed by atoms with E-state index in [9.17, 15) is 10.0 Å². The molecule has 0 spiro atoms. The average Bonchev–Trinajstić information content (AvgIpc) is 2.46. The fourth-order valence-corrected chi connectivity index (χ4v) is 2.55. The summed E-state index contributed by atoms with van der Waals surface area (Å²) in [4.78, 5) is 11.6. The summed E-state index contributed by atoms with van der Waals surface area (Å²) in [6.07, 6.45) is 1.29. The van der Waals surface area contributed by atoms with Crippen LogP contribution in [0.15, 0.2) is 48.5 Å². The van der Waals surface area contributed by atoms with Gasteiger partial charge in [0.25, 0.3) is 5.91 Å². The zero-order valence-corrected chi connectivity index (χ0v) is 11.0. The van der Waals surface area contributed by atoms with E-state index in [1.807, 2.05) is 30.3 Å². The van der Waals surface area contributed by atoms with E-state index in [4.69, 9.17) is 5.73 Å². The van der Waals surface area contributed by atoms with Gasteiger partial charge in [0, 0.05) is 0 Å². The van der Waals surface area contributed by atoms with E-state index in [1.54, 1.807) is 6.07 Å². The van der Waals surface area contributed by atoms with Gasteiger partial charge in [0.15, 0.2) is 0 Å². The standard InChI is InChI=1S/C16H16N2O2/c17-14-10-13-9-12(8-11-4-2-1-3-5-11)6-7-15(13)18(20)16(14)19/h1-7,9,14,20H,8,10,17H2/t14-/m0/s1. The van der Waals surface area contributed by atoms with Gasteiger partial charge in [-0.2, -0.15) is 5.06 Å². The number of hydrogen-bond acceptors (Lipinski definition) is 3. The van der Waals surface area contributed by atoms with Gasteiger partial charge in [0.1, 0.15) is 0 Å². The van der Waals surface area contributed by atoms with E-state index in [0.29, 0.717) is 17.2 Å². The van der Waals surface area contributed by atoms with E-state index >= 15 is 0 Å². The van der Waals surface area contributed by atoms with E-state index in [2.05, 4.69) is 12.1 Å². The molecule has 4 nitrogen and oxygen atoms in total. The minimum absolute atomic E-state index is 0.451. The van der Waals surface area contributed by atoms with Gasteiger partial charge in [-0.15, -0.1) is 0 Å². The number of carbonyl (C=O) groups is 1. The van der Waals surface area contributed by atoms with Gasteiger partial charge < -0.3 is 5.73 Å². The van der Waals surface area contributed by atoms with Crippen molar-refractivity contribution in [2.45, 2.75) is 18.9 Å². The molecule has 3 N–H and O–H groups in total. The van der Waals surface area contributed by atoms with Gasteiger partial charge in [-0.1, -0.05) is 42.5 Å². The molecule has 0 bridgehead atoms. The highest BCUT2D eigenvalue weighted by molar-refractivity contribution is 5.98. The molecule has 1 aliphatic heterocycles. The van der Waals surface area contributed by atoms with Crippen molar-refractivity contribution < 1.29 is 10.0 Å². The molecule has 0 radical (unpaired) electrons. The maximum Gasteiger partial charge on any atom is 0.267 e. The summed E-state index contributed by atoms with van der Waals surface area (Å²) < 4.78 is 0. The van der Waals surface area contributed by atoms with E-state index in [0.717, 1.165) is 17.5 Å². The van der Waals surface area contributed by atoms with Crippen molar-refractivity contribution in [1.29, 1.82) is 0 Å². The Morgan fingerprint density at radius 2 is 1.90 bits per heavy atom. The quantitative estimate of drug-likeness (QED) is 0.817. The third-order valence-electron chi connectivity index (χ3n) is 3.59. The van der Waals surface area contributed by atoms with Crippen molar-refractivity contribution in [2.75, 3.05) is 5.06 Å². The predicted octanol–water partition coefficient (Wildman–Crippen LogP) is 1.88. The van der Waals surface area contributed by atoms with Crippen molar-refractivity contribution in [3.8, 4) is 0 Å². The molecule has 0 unspecified atom stereocenters. The monoisotopic (exact) mass is 268 g/mol. The number of amides is 1. The lowest BCUT2D eigenvalue weighted by molar-refractivity contribution is -0.125. The van der Waals surface area contributed by atoms with E-state index in [-0.39, 0.29) is 0 Å². The second-order valence-corrected chi connectivity index (χ2v) is 5.09. The molecule has 0 aliphatic carbocycles. The molecule has 0 aromatic heterocycles. The summed E-state index contributed by atoms with van der Waals surface area (Å²) >= 11 is 0. The molecular weight excluding hydrogens is 252 g/mol. The Hall–Kier alpha value is -2.17. The summed E-state index contributed by atoms with van der Waals surface area (Å²) in [5.74, 6) is -0.451. The molecule has 2 aromatic rings. The lowest BCUT2D eigenvalue weighted by atomic mass is 9.95. The molecule has 0 saturated carbocycles. The number of rotatable bonds is 2. The van der Waals surface area contributed by atoms with Crippen LogP contribution in [0, 0.1) is 0 Å². The Kier molecular flexibility index (Phi) is 3.26. The lowest BCUT2D eigenvalue weighted by Gasteiger charge is -2.27. The summed E-state index contributed by atoms with van der Waals surface area (Å²) in [7, 11) is 0. The Morgan fingerprint density at radius 3 is 2.65 bits per heavy atom. The third kappa shape index (κ3) is 2.31. The van der Waals surface area contributed by atoms with Crippen LogP contribution in [0.5, 0.6) is 0 Å². The van der Waals surface area contributed by atoms with Crippen LogP contribution in [0.4, 0.5) is 5.69 Å². The fourth-order valence-electron chi connectivity index (χ4n) is 2.55. The molecule has 102 valence electrons. The normalized spacial score (nSPS) is 18.0. The largest absolute Gasteiger partial charge is 0.320 e. The van der Waals surface area contributed by atoms with Crippen LogP contribution in [0.3, 0.4) is 0 Å². The molecule has 3 rings (SSSR count). The van der Waals surface area contributed by atoms with Crippen molar-refractivity contribution >= 4 is 11.6 Å². The Labute approximate surface area is 117 Å². The van der Waals surface area contributed by atoms with Gasteiger partial charge in [0.05, 0.1) is 11.7 Å². The highest BCUT2D eigenvalue weighted by Gasteiger charge is 2.29. The molecule has 1 aliphatic rings. The van der Waals surface area contributed by atoms with Gasteiger partial charge >= 0.3 is 0 Å². The first-order valence-corrected chi connectivity index (χ1v) is 6.59. The van der Waals surface area contributed by atoms with E-state index < -0.39 is 11.9 Å². The molecule has 1 amide bonds. The van der Waals surface area contributed by atoms with E-state index in [1.165, 1.54) is 5.56 Å². The number of fused-ring (bicyclic) bond motifs is 1. The molecule has 2 aromatic carbocycles. The van der Waals surface area contributed by atoms with Crippen LogP contribution in [0.25, 0.3) is 0 Å². The van der Waals surface area contributed by atoms with Crippen molar-refractivity contribution in [1.82, 2.24) is 0 Å². The summed E-state index contributed by atoms with van der Waals surface area (Å²) in [5, 5.41) is 10.4. The minimum Gasteiger partial charge on any atom is -0.320 e. The van der Waals surface area contributed by atoms with Gasteiger partial charge in [-0.25, -0.2) is 0 Å². The van der Waals surface area contributed by atoms with Crippen LogP contribution >= 0.6 is 0 Å². The maximum absolute atomic E-state index is 11.6. The number of nitrogens with zero attached hydrogens (tertiary/aromatic N) is 1. The molecule has 4 heteroatoms. The Balaban J connectivity index is 1.90. The predicted molar refractivity (Wildman–Crippen MR) is 76.6 cm³/mol. The van der Waals surface area contributed by atoms with Crippen molar-refractivity contribution in [3.63, 3.8) is 0 Å². The smallest absolute Gasteiger partial charge is 0.267 e. The lowest BCUT2D eigenvalue weighted by Crippen LogP contribution is -2.47.